The number of hydrogen-bond donors (Lipinski definition) is 1. The molecule has 5 nitrogen and oxygen atoms in total. The van der Waals surface area contributed by atoms with E-state index in [0.29, 0.717) is 16.4 Å². The lowest BCUT2D eigenvalue weighted by Gasteiger charge is -2.03. The lowest BCUT2D eigenvalue weighted by molar-refractivity contribution is -0.136. The van der Waals surface area contributed by atoms with E-state index in [9.17, 15) is 4.79 Å². The molecule has 2 aromatic rings. The first-order chi connectivity index (χ1) is 8.08. The van der Waals surface area contributed by atoms with Crippen LogP contribution in [0.4, 0.5) is 0 Å². The van der Waals surface area contributed by atoms with Gasteiger partial charge in [0.05, 0.1) is 23.5 Å². The van der Waals surface area contributed by atoms with Crippen LogP contribution in [0.5, 0.6) is 0 Å². The van der Waals surface area contributed by atoms with Gasteiger partial charge in [-0.3, -0.25) is 4.79 Å². The third-order valence-corrected chi connectivity index (χ3v) is 2.60. The average molecular weight is 252 g/mol. The molecule has 2 rings (SSSR count). The normalized spacial score (nSPS) is 10.5. The average Bonchev–Trinajstić information content (AvgIpc) is 2.60. The summed E-state index contributed by atoms with van der Waals surface area (Å²) in [6.07, 6.45) is -0.133. The molecule has 0 aliphatic carbocycles. The van der Waals surface area contributed by atoms with E-state index in [4.69, 9.17) is 16.7 Å². The largest absolute Gasteiger partial charge is 0.481 e. The second kappa shape index (κ2) is 4.55. The molecule has 1 heterocycles. The first-order valence-corrected chi connectivity index (χ1v) is 5.34. The van der Waals surface area contributed by atoms with Crippen molar-refractivity contribution in [2.24, 2.45) is 0 Å². The van der Waals surface area contributed by atoms with Gasteiger partial charge in [-0.15, -0.1) is 5.10 Å². The number of nitrogens with zero attached hydrogens (tertiary/aromatic N) is 3. The Morgan fingerprint density at radius 3 is 2.94 bits per heavy atom. The van der Waals surface area contributed by atoms with Crippen LogP contribution < -0.4 is 0 Å². The van der Waals surface area contributed by atoms with Gasteiger partial charge in [0.2, 0.25) is 0 Å². The topological polar surface area (TPSA) is 68.0 Å². The highest BCUT2D eigenvalue weighted by atomic mass is 35.5. The van der Waals surface area contributed by atoms with Gasteiger partial charge in [0.15, 0.2) is 0 Å². The first-order valence-electron chi connectivity index (χ1n) is 4.97. The summed E-state index contributed by atoms with van der Waals surface area (Å²) in [6.45, 7) is 1.78. The van der Waals surface area contributed by atoms with Crippen molar-refractivity contribution in [3.8, 4) is 5.69 Å². The van der Waals surface area contributed by atoms with E-state index < -0.39 is 5.97 Å². The highest BCUT2D eigenvalue weighted by Gasteiger charge is 2.12. The smallest absolute Gasteiger partial charge is 0.309 e. The Balaban J connectivity index is 2.40. The number of aliphatic carboxylic acids is 1. The van der Waals surface area contributed by atoms with E-state index in [1.807, 2.05) is 6.07 Å². The monoisotopic (exact) mass is 251 g/mol. The van der Waals surface area contributed by atoms with Crippen LogP contribution in [-0.2, 0) is 11.2 Å². The molecule has 0 radical (unpaired) electrons. The standard InChI is InChI=1S/C11H10ClN3O2/c1-7-10(6-11(16)17)13-14-15(7)9-4-2-3-8(12)5-9/h2-5H,6H2,1H3,(H,16,17). The van der Waals surface area contributed by atoms with Gasteiger partial charge in [-0.1, -0.05) is 22.9 Å². The van der Waals surface area contributed by atoms with E-state index in [1.54, 1.807) is 29.8 Å². The maximum Gasteiger partial charge on any atom is 0.309 e. The molecule has 1 N–H and O–H groups in total. The number of carboxylic acid groups (broad SMARTS) is 1. The third-order valence-electron chi connectivity index (χ3n) is 2.36. The minimum Gasteiger partial charge on any atom is -0.481 e. The summed E-state index contributed by atoms with van der Waals surface area (Å²) >= 11 is 5.88. The lowest BCUT2D eigenvalue weighted by Crippen LogP contribution is -2.03. The van der Waals surface area contributed by atoms with Crippen molar-refractivity contribution in [2.45, 2.75) is 13.3 Å². The SMILES string of the molecule is Cc1c(CC(=O)O)nnn1-c1cccc(Cl)c1. The molecule has 0 fully saturated rings. The van der Waals surface area contributed by atoms with Crippen LogP contribution in [0.3, 0.4) is 0 Å². The van der Waals surface area contributed by atoms with Crippen LogP contribution in [-0.4, -0.2) is 26.1 Å². The zero-order chi connectivity index (χ0) is 12.4. The summed E-state index contributed by atoms with van der Waals surface area (Å²) in [5.74, 6) is -0.925. The Morgan fingerprint density at radius 2 is 2.29 bits per heavy atom. The molecular formula is C11H10ClN3O2. The number of halogens is 1. The van der Waals surface area contributed by atoms with E-state index in [-0.39, 0.29) is 6.42 Å². The minimum atomic E-state index is -0.925. The lowest BCUT2D eigenvalue weighted by atomic mass is 10.2. The number of carbonyl (C=O) groups is 1. The molecule has 0 amide bonds. The Labute approximate surface area is 103 Å². The summed E-state index contributed by atoms with van der Waals surface area (Å²) in [5, 5.41) is 17.1. The van der Waals surface area contributed by atoms with Crippen molar-refractivity contribution >= 4 is 17.6 Å². The molecule has 0 saturated carbocycles. The molecular weight excluding hydrogens is 242 g/mol. The summed E-state index contributed by atoms with van der Waals surface area (Å²) in [7, 11) is 0. The number of rotatable bonds is 3. The molecule has 0 aliphatic rings. The van der Waals surface area contributed by atoms with Crippen LogP contribution in [0.2, 0.25) is 5.02 Å². The van der Waals surface area contributed by atoms with Crippen molar-refractivity contribution in [3.63, 3.8) is 0 Å². The fourth-order valence-electron chi connectivity index (χ4n) is 1.52. The Bertz CT molecular complexity index is 566. The summed E-state index contributed by atoms with van der Waals surface area (Å²) in [4.78, 5) is 10.6. The van der Waals surface area contributed by atoms with Crippen molar-refractivity contribution in [1.82, 2.24) is 15.0 Å². The van der Waals surface area contributed by atoms with Crippen LogP contribution in [0, 0.1) is 6.92 Å². The highest BCUT2D eigenvalue weighted by Crippen LogP contribution is 2.16. The zero-order valence-electron chi connectivity index (χ0n) is 9.09. The molecule has 1 aromatic heterocycles. The fourth-order valence-corrected chi connectivity index (χ4v) is 1.70. The Morgan fingerprint density at radius 1 is 1.53 bits per heavy atom. The van der Waals surface area contributed by atoms with Crippen molar-refractivity contribution in [2.75, 3.05) is 0 Å². The molecule has 0 saturated heterocycles. The molecule has 17 heavy (non-hydrogen) atoms. The second-order valence-electron chi connectivity index (χ2n) is 3.58. The number of carboxylic acids is 1. The summed E-state index contributed by atoms with van der Waals surface area (Å²) < 4.78 is 1.57. The van der Waals surface area contributed by atoms with Gasteiger partial charge in [0, 0.05) is 5.02 Å². The van der Waals surface area contributed by atoms with E-state index >= 15 is 0 Å². The van der Waals surface area contributed by atoms with Crippen LogP contribution in [0.15, 0.2) is 24.3 Å². The Hall–Kier alpha value is -1.88. The molecule has 0 spiro atoms. The minimum absolute atomic E-state index is 0.133. The predicted molar refractivity (Wildman–Crippen MR) is 62.4 cm³/mol. The van der Waals surface area contributed by atoms with E-state index in [0.717, 1.165) is 5.69 Å². The Kier molecular flexibility index (Phi) is 3.10. The molecule has 0 unspecified atom stereocenters. The van der Waals surface area contributed by atoms with Gasteiger partial charge in [-0.2, -0.15) is 0 Å². The van der Waals surface area contributed by atoms with Crippen molar-refractivity contribution in [1.29, 1.82) is 0 Å². The van der Waals surface area contributed by atoms with Gasteiger partial charge in [0.25, 0.3) is 0 Å². The van der Waals surface area contributed by atoms with Gasteiger partial charge >= 0.3 is 5.97 Å². The van der Waals surface area contributed by atoms with Gasteiger partial charge < -0.3 is 5.11 Å². The van der Waals surface area contributed by atoms with E-state index in [2.05, 4.69) is 10.3 Å². The fraction of sp³-hybridized carbons (Fsp3) is 0.182. The van der Waals surface area contributed by atoms with Gasteiger partial charge in [0.1, 0.15) is 0 Å². The summed E-state index contributed by atoms with van der Waals surface area (Å²) in [5.41, 5.74) is 1.92. The predicted octanol–water partition coefficient (Wildman–Crippen LogP) is 1.86. The molecule has 1 aromatic carbocycles. The number of hydrogen-bond acceptors (Lipinski definition) is 3. The molecule has 0 atom stereocenters. The van der Waals surface area contributed by atoms with Crippen molar-refractivity contribution in [3.05, 3.63) is 40.7 Å². The highest BCUT2D eigenvalue weighted by molar-refractivity contribution is 6.30. The number of benzene rings is 1. The van der Waals surface area contributed by atoms with Gasteiger partial charge in [-0.25, -0.2) is 4.68 Å². The van der Waals surface area contributed by atoms with Crippen LogP contribution in [0.25, 0.3) is 5.69 Å². The van der Waals surface area contributed by atoms with E-state index in [1.165, 1.54) is 0 Å². The maximum absolute atomic E-state index is 10.6. The van der Waals surface area contributed by atoms with Crippen LogP contribution in [0.1, 0.15) is 11.4 Å². The van der Waals surface area contributed by atoms with Crippen LogP contribution >= 0.6 is 11.6 Å². The maximum atomic E-state index is 10.6. The second-order valence-corrected chi connectivity index (χ2v) is 4.02. The summed E-state index contributed by atoms with van der Waals surface area (Å²) in [6, 6.07) is 7.14. The molecule has 0 aliphatic heterocycles. The molecule has 88 valence electrons. The quantitative estimate of drug-likeness (QED) is 0.904. The van der Waals surface area contributed by atoms with Crippen molar-refractivity contribution < 1.29 is 9.90 Å². The molecule has 6 heteroatoms. The van der Waals surface area contributed by atoms with Gasteiger partial charge in [-0.05, 0) is 25.1 Å². The number of aromatic nitrogens is 3. The zero-order valence-corrected chi connectivity index (χ0v) is 9.85. The molecule has 0 bridgehead atoms. The third kappa shape index (κ3) is 2.45. The first kappa shape index (κ1) is 11.6.